The molecule has 4 rings (SSSR count). The number of primary amides is 1. The Morgan fingerprint density at radius 2 is 2.00 bits per heavy atom. The Morgan fingerprint density at radius 1 is 1.21 bits per heavy atom. The number of amides is 1. The molecule has 3 unspecified atom stereocenters. The summed E-state index contributed by atoms with van der Waals surface area (Å²) in [6, 6.07) is 10.6. The summed E-state index contributed by atoms with van der Waals surface area (Å²) in [5, 5.41) is 7.09. The normalized spacial score (nSPS) is 26.6. The number of nitrogens with zero attached hydrogens (tertiary/aromatic N) is 3. The van der Waals surface area contributed by atoms with E-state index in [0.717, 1.165) is 57.6 Å². The Bertz CT molecular complexity index is 814. The molecule has 2 saturated heterocycles. The molecule has 2 heterocycles. The molecule has 1 aromatic rings. The van der Waals surface area contributed by atoms with E-state index in [2.05, 4.69) is 58.5 Å². The van der Waals surface area contributed by atoms with Crippen LogP contribution in [-0.2, 0) is 17.9 Å². The molecule has 4 N–H and O–H groups in total. The van der Waals surface area contributed by atoms with Crippen LogP contribution < -0.4 is 16.4 Å². The van der Waals surface area contributed by atoms with E-state index in [-0.39, 0.29) is 35.8 Å². The van der Waals surface area contributed by atoms with Crippen molar-refractivity contribution in [3.63, 3.8) is 0 Å². The lowest BCUT2D eigenvalue weighted by Gasteiger charge is -2.31. The van der Waals surface area contributed by atoms with E-state index in [1.807, 2.05) is 0 Å². The van der Waals surface area contributed by atoms with Crippen molar-refractivity contribution in [1.29, 1.82) is 0 Å². The Labute approximate surface area is 216 Å². The third kappa shape index (κ3) is 7.55. The predicted octanol–water partition coefficient (Wildman–Crippen LogP) is 2.68. The fourth-order valence-electron chi connectivity index (χ4n) is 5.28. The molecule has 184 valence electrons. The van der Waals surface area contributed by atoms with Gasteiger partial charge in [-0.3, -0.25) is 14.6 Å². The molecular formula is C25H41IN6O. The zero-order valence-electron chi connectivity index (χ0n) is 20.1. The smallest absolute Gasteiger partial charge is 0.221 e. The van der Waals surface area contributed by atoms with Crippen molar-refractivity contribution in [3.8, 4) is 0 Å². The molecule has 8 heteroatoms. The lowest BCUT2D eigenvalue weighted by atomic mass is 9.97. The molecule has 1 amide bonds. The average Bonchev–Trinajstić information content (AvgIpc) is 3.55. The summed E-state index contributed by atoms with van der Waals surface area (Å²) in [5.74, 6) is 0.727. The number of hydrogen-bond acceptors (Lipinski definition) is 4. The van der Waals surface area contributed by atoms with Crippen molar-refractivity contribution in [2.75, 3.05) is 26.2 Å². The lowest BCUT2D eigenvalue weighted by molar-refractivity contribution is -0.123. The Hall–Kier alpha value is -1.39. The summed E-state index contributed by atoms with van der Waals surface area (Å²) in [6.45, 7) is 9.75. The fourth-order valence-corrected chi connectivity index (χ4v) is 5.28. The van der Waals surface area contributed by atoms with Crippen LogP contribution in [-0.4, -0.2) is 66.0 Å². The zero-order valence-corrected chi connectivity index (χ0v) is 22.5. The molecule has 3 fully saturated rings. The Balaban J connectivity index is 0.00000306. The molecule has 7 nitrogen and oxygen atoms in total. The molecule has 0 spiro atoms. The monoisotopic (exact) mass is 568 g/mol. The number of aliphatic imine (C=N–C) groups is 1. The van der Waals surface area contributed by atoms with Gasteiger partial charge in [-0.25, -0.2) is 4.99 Å². The molecular weight excluding hydrogens is 527 g/mol. The first-order chi connectivity index (χ1) is 15.5. The second-order valence-corrected chi connectivity index (χ2v) is 9.85. The topological polar surface area (TPSA) is 86.0 Å². The van der Waals surface area contributed by atoms with Crippen LogP contribution >= 0.6 is 24.0 Å². The predicted molar refractivity (Wildman–Crippen MR) is 145 cm³/mol. The Morgan fingerprint density at radius 3 is 2.73 bits per heavy atom. The van der Waals surface area contributed by atoms with Crippen LogP contribution in [0.25, 0.3) is 0 Å². The van der Waals surface area contributed by atoms with Gasteiger partial charge in [0.15, 0.2) is 5.96 Å². The molecule has 1 aromatic carbocycles. The number of rotatable bonds is 8. The molecule has 1 saturated carbocycles. The van der Waals surface area contributed by atoms with Gasteiger partial charge in [-0.2, -0.15) is 0 Å². The quantitative estimate of drug-likeness (QED) is 0.255. The van der Waals surface area contributed by atoms with E-state index in [4.69, 9.17) is 10.7 Å². The van der Waals surface area contributed by atoms with Crippen molar-refractivity contribution in [3.05, 3.63) is 35.4 Å². The highest BCUT2D eigenvalue weighted by molar-refractivity contribution is 14.0. The number of nitrogens with one attached hydrogen (secondary N) is 2. The van der Waals surface area contributed by atoms with Crippen LogP contribution in [0.2, 0.25) is 0 Å². The highest BCUT2D eigenvalue weighted by atomic mass is 127. The second-order valence-electron chi connectivity index (χ2n) is 9.85. The lowest BCUT2D eigenvalue weighted by Crippen LogP contribution is -2.44. The number of carbonyl (C=O) groups excluding carboxylic acids is 1. The van der Waals surface area contributed by atoms with Crippen LogP contribution in [0.3, 0.4) is 0 Å². The number of nitrogens with two attached hydrogens (primary N) is 1. The molecule has 2 aliphatic heterocycles. The summed E-state index contributed by atoms with van der Waals surface area (Å²) in [4.78, 5) is 21.5. The second kappa shape index (κ2) is 12.4. The number of halogens is 1. The minimum atomic E-state index is -0.168. The van der Waals surface area contributed by atoms with Crippen molar-refractivity contribution >= 4 is 35.8 Å². The third-order valence-corrected chi connectivity index (χ3v) is 7.05. The molecule has 1 aliphatic carbocycles. The van der Waals surface area contributed by atoms with Crippen LogP contribution in [0.4, 0.5) is 0 Å². The molecule has 0 bridgehead atoms. The zero-order chi connectivity index (χ0) is 22.5. The maximum atomic E-state index is 11.6. The molecule has 3 aliphatic rings. The van der Waals surface area contributed by atoms with Crippen molar-refractivity contribution in [2.24, 2.45) is 16.6 Å². The number of guanidine groups is 1. The molecule has 33 heavy (non-hydrogen) atoms. The van der Waals surface area contributed by atoms with E-state index in [0.29, 0.717) is 18.6 Å². The van der Waals surface area contributed by atoms with Gasteiger partial charge in [-0.1, -0.05) is 24.3 Å². The first kappa shape index (κ1) is 26.2. The number of carbonyl (C=O) groups is 1. The fraction of sp³-hybridized carbons (Fsp3) is 0.680. The number of likely N-dealkylation sites (tertiary alicyclic amines) is 2. The average molecular weight is 569 g/mol. The first-order valence-corrected chi connectivity index (χ1v) is 12.4. The van der Waals surface area contributed by atoms with E-state index in [1.54, 1.807) is 0 Å². The van der Waals surface area contributed by atoms with E-state index >= 15 is 0 Å². The first-order valence-electron chi connectivity index (χ1n) is 12.4. The maximum Gasteiger partial charge on any atom is 0.221 e. The van der Waals surface area contributed by atoms with Gasteiger partial charge in [0.2, 0.25) is 5.91 Å². The van der Waals surface area contributed by atoms with E-state index in [1.165, 1.54) is 30.4 Å². The highest BCUT2D eigenvalue weighted by Crippen LogP contribution is 2.33. The van der Waals surface area contributed by atoms with Crippen LogP contribution in [0.15, 0.2) is 29.3 Å². The van der Waals surface area contributed by atoms with Gasteiger partial charge in [-0.15, -0.1) is 24.0 Å². The molecule has 3 atom stereocenters. The summed E-state index contributed by atoms with van der Waals surface area (Å²) in [6.07, 6.45) is 5.86. The Kier molecular flexibility index (Phi) is 9.81. The van der Waals surface area contributed by atoms with Gasteiger partial charge < -0.3 is 16.4 Å². The van der Waals surface area contributed by atoms with Crippen LogP contribution in [0, 0.1) is 5.92 Å². The SMILES string of the molecule is CCNC(=NCc1cccc(CN2CCCC(C(N)=O)C2)c1)NC1CC(C)N(C2CC2)C1.I. The van der Waals surface area contributed by atoms with Gasteiger partial charge in [-0.05, 0) is 63.6 Å². The third-order valence-electron chi connectivity index (χ3n) is 7.05. The minimum Gasteiger partial charge on any atom is -0.369 e. The molecule has 0 aromatic heterocycles. The number of benzene rings is 1. The molecule has 0 radical (unpaired) electrons. The van der Waals surface area contributed by atoms with E-state index < -0.39 is 0 Å². The van der Waals surface area contributed by atoms with Crippen molar-refractivity contribution < 1.29 is 4.79 Å². The summed E-state index contributed by atoms with van der Waals surface area (Å²) in [7, 11) is 0. The van der Waals surface area contributed by atoms with Crippen molar-refractivity contribution in [2.45, 2.75) is 77.2 Å². The standard InChI is InChI=1S/C25H40N6O.HI/c1-3-27-25(29-22-12-18(2)31(17-22)23-9-10-23)28-14-19-6-4-7-20(13-19)15-30-11-5-8-21(16-30)24(26)32;/h4,6-7,13,18,21-23H,3,5,8-12,14-17H2,1-2H3,(H2,26,32)(H2,27,28,29);1H. The van der Waals surface area contributed by atoms with Crippen molar-refractivity contribution in [1.82, 2.24) is 20.4 Å². The maximum absolute atomic E-state index is 11.6. The summed E-state index contributed by atoms with van der Waals surface area (Å²) in [5.41, 5.74) is 8.02. The highest BCUT2D eigenvalue weighted by Gasteiger charge is 2.38. The summed E-state index contributed by atoms with van der Waals surface area (Å²) >= 11 is 0. The number of piperidine rings is 1. The minimum absolute atomic E-state index is 0. The van der Waals surface area contributed by atoms with Gasteiger partial charge in [0.25, 0.3) is 0 Å². The summed E-state index contributed by atoms with van der Waals surface area (Å²) < 4.78 is 0. The van der Waals surface area contributed by atoms with Gasteiger partial charge >= 0.3 is 0 Å². The largest absolute Gasteiger partial charge is 0.369 e. The van der Waals surface area contributed by atoms with Gasteiger partial charge in [0, 0.05) is 44.3 Å². The van der Waals surface area contributed by atoms with E-state index in [9.17, 15) is 4.79 Å². The van der Waals surface area contributed by atoms with Gasteiger partial charge in [0.05, 0.1) is 12.5 Å². The van der Waals surface area contributed by atoms with Crippen LogP contribution in [0.1, 0.15) is 57.1 Å². The van der Waals surface area contributed by atoms with Gasteiger partial charge in [0.1, 0.15) is 0 Å². The van der Waals surface area contributed by atoms with Crippen LogP contribution in [0.5, 0.6) is 0 Å². The number of hydrogen-bond donors (Lipinski definition) is 3.